The van der Waals surface area contributed by atoms with E-state index in [-0.39, 0.29) is 44.1 Å². The first-order valence-corrected chi connectivity index (χ1v) is 18.2. The molecule has 6 rings (SSSR count). The number of likely N-dealkylation sites (N-methyl/N-ethyl adjacent to an activating group) is 1. The first-order chi connectivity index (χ1) is 26.3. The summed E-state index contributed by atoms with van der Waals surface area (Å²) in [4.78, 5) is 42.4. The SMILES string of the molecule is C[C@H](CC(=O)O)N(C)C(=O)CO[C@H]1Cc2ccccc2C12CCN(CC[C@@]1(c3ccc(F)cc3)CN(C(=O)c3cc(C(F)(F)F)cc(C(F)(F)F)c3)CO1)CC2. The summed E-state index contributed by atoms with van der Waals surface area (Å²) in [5, 5.41) is 9.15. The molecule has 3 aromatic rings. The monoisotopic (exact) mass is 793 g/mol. The van der Waals surface area contributed by atoms with Gasteiger partial charge in [0.25, 0.3) is 5.91 Å². The summed E-state index contributed by atoms with van der Waals surface area (Å²) < 4.78 is 108. The molecule has 3 aromatic carbocycles. The zero-order chi connectivity index (χ0) is 40.6. The Bertz CT molecular complexity index is 1900. The average Bonchev–Trinajstić information content (AvgIpc) is 3.72. The summed E-state index contributed by atoms with van der Waals surface area (Å²) in [6, 6.07) is 13.6. The average molecular weight is 794 g/mol. The van der Waals surface area contributed by atoms with Gasteiger partial charge in [-0.15, -0.1) is 0 Å². The standard InChI is InChI=1S/C40H42F7N3O6/c1-25(17-35(52)53)48(2)34(51)22-55-33-20-26-5-3-4-6-32(26)37(33)11-14-49(15-12-37)16-13-38(28-7-9-31(41)10-8-28)23-50(24-56-38)36(54)27-18-29(39(42,43)44)21-30(19-27)40(45,46)47/h3-10,18-19,21,25,33H,11-17,20,22-24H2,1-2H3,(H,52,53)/t25-,33+,38+/m1/s1. The molecule has 0 aromatic heterocycles. The van der Waals surface area contributed by atoms with Gasteiger partial charge in [0, 0.05) is 30.6 Å². The van der Waals surface area contributed by atoms with Gasteiger partial charge < -0.3 is 29.3 Å². The van der Waals surface area contributed by atoms with Crippen LogP contribution >= 0.6 is 0 Å². The maximum atomic E-state index is 14.0. The van der Waals surface area contributed by atoms with E-state index < -0.39 is 70.5 Å². The minimum atomic E-state index is -5.13. The van der Waals surface area contributed by atoms with E-state index in [1.54, 1.807) is 14.0 Å². The van der Waals surface area contributed by atoms with Crippen molar-refractivity contribution in [3.05, 3.63) is 106 Å². The van der Waals surface area contributed by atoms with Gasteiger partial charge in [-0.05, 0) is 92.7 Å². The van der Waals surface area contributed by atoms with Gasteiger partial charge in [0.05, 0.1) is 30.2 Å². The number of carboxylic acids is 1. The maximum absolute atomic E-state index is 14.0. The molecular weight excluding hydrogens is 751 g/mol. The van der Waals surface area contributed by atoms with E-state index >= 15 is 0 Å². The fourth-order valence-electron chi connectivity index (χ4n) is 8.20. The van der Waals surface area contributed by atoms with E-state index in [0.717, 1.165) is 16.0 Å². The number of carbonyl (C=O) groups excluding carboxylic acids is 2. The number of amides is 2. The van der Waals surface area contributed by atoms with Gasteiger partial charge in [-0.3, -0.25) is 14.4 Å². The Balaban J connectivity index is 1.17. The van der Waals surface area contributed by atoms with Crippen LogP contribution in [0.3, 0.4) is 0 Å². The van der Waals surface area contributed by atoms with Crippen molar-refractivity contribution in [2.45, 2.75) is 74.5 Å². The number of rotatable bonds is 11. The molecule has 3 aliphatic rings. The van der Waals surface area contributed by atoms with Crippen molar-refractivity contribution in [2.24, 2.45) is 0 Å². The lowest BCUT2D eigenvalue weighted by atomic mass is 9.72. The van der Waals surface area contributed by atoms with Gasteiger partial charge in [-0.2, -0.15) is 26.3 Å². The molecule has 3 atom stereocenters. The van der Waals surface area contributed by atoms with Crippen LogP contribution < -0.4 is 0 Å². The third kappa shape index (κ3) is 8.56. The highest BCUT2D eigenvalue weighted by molar-refractivity contribution is 5.95. The predicted octanol–water partition coefficient (Wildman–Crippen LogP) is 6.88. The predicted molar refractivity (Wildman–Crippen MR) is 188 cm³/mol. The molecule has 0 unspecified atom stereocenters. The van der Waals surface area contributed by atoms with Crippen LogP contribution in [0.2, 0.25) is 0 Å². The second-order valence-corrected chi connectivity index (χ2v) is 14.9. The number of ether oxygens (including phenoxy) is 2. The fraction of sp³-hybridized carbons (Fsp3) is 0.475. The molecule has 2 heterocycles. The second kappa shape index (κ2) is 15.8. The van der Waals surface area contributed by atoms with Crippen LogP contribution in [0.1, 0.15) is 70.8 Å². The van der Waals surface area contributed by atoms with Crippen LogP contribution in [0.25, 0.3) is 0 Å². The summed E-state index contributed by atoms with van der Waals surface area (Å²) in [5.41, 5.74) is -2.89. The van der Waals surface area contributed by atoms with Crippen LogP contribution in [-0.4, -0.2) is 96.3 Å². The van der Waals surface area contributed by atoms with Gasteiger partial charge in [0.1, 0.15) is 24.8 Å². The van der Waals surface area contributed by atoms with Crippen LogP contribution in [0.5, 0.6) is 0 Å². The summed E-state index contributed by atoms with van der Waals surface area (Å²) in [7, 11) is 1.55. The molecule has 0 saturated carbocycles. The lowest BCUT2D eigenvalue weighted by molar-refractivity contribution is -0.145. The molecule has 302 valence electrons. The lowest BCUT2D eigenvalue weighted by Gasteiger charge is -2.44. The van der Waals surface area contributed by atoms with Crippen molar-refractivity contribution in [2.75, 3.05) is 46.6 Å². The van der Waals surface area contributed by atoms with E-state index in [0.29, 0.717) is 56.6 Å². The van der Waals surface area contributed by atoms with Crippen molar-refractivity contribution in [1.29, 1.82) is 0 Å². The van der Waals surface area contributed by atoms with Crippen LogP contribution in [-0.2, 0) is 48.9 Å². The normalized spacial score (nSPS) is 21.6. The maximum Gasteiger partial charge on any atom is 0.416 e. The number of piperidine rings is 1. The van der Waals surface area contributed by atoms with E-state index in [1.807, 2.05) is 18.2 Å². The first-order valence-electron chi connectivity index (χ1n) is 18.2. The van der Waals surface area contributed by atoms with E-state index in [2.05, 4.69) is 11.0 Å². The molecule has 1 aliphatic carbocycles. The quantitative estimate of drug-likeness (QED) is 0.212. The third-order valence-electron chi connectivity index (χ3n) is 11.5. The van der Waals surface area contributed by atoms with Gasteiger partial charge >= 0.3 is 18.3 Å². The number of benzene rings is 3. The molecule has 56 heavy (non-hydrogen) atoms. The van der Waals surface area contributed by atoms with Gasteiger partial charge in [0.2, 0.25) is 5.91 Å². The molecule has 1 N–H and O–H groups in total. The molecule has 2 fully saturated rings. The highest BCUT2D eigenvalue weighted by Crippen LogP contribution is 2.48. The highest BCUT2D eigenvalue weighted by Gasteiger charge is 2.50. The lowest BCUT2D eigenvalue weighted by Crippen LogP contribution is -2.50. The molecule has 0 bridgehead atoms. The Morgan fingerprint density at radius 3 is 2.20 bits per heavy atom. The Labute approximate surface area is 319 Å². The number of nitrogens with zero attached hydrogens (tertiary/aromatic N) is 3. The summed E-state index contributed by atoms with van der Waals surface area (Å²) in [6.07, 6.45) is -8.59. The Morgan fingerprint density at radius 1 is 0.964 bits per heavy atom. The van der Waals surface area contributed by atoms with Crippen molar-refractivity contribution >= 4 is 17.8 Å². The fourth-order valence-corrected chi connectivity index (χ4v) is 8.20. The molecular formula is C40H42F7N3O6. The van der Waals surface area contributed by atoms with Gasteiger partial charge in [0.15, 0.2) is 0 Å². The summed E-state index contributed by atoms with van der Waals surface area (Å²) in [6.45, 7) is 2.45. The molecule has 2 saturated heterocycles. The number of halogens is 7. The number of aliphatic carboxylic acids is 1. The van der Waals surface area contributed by atoms with Crippen LogP contribution in [0.4, 0.5) is 30.7 Å². The van der Waals surface area contributed by atoms with Crippen LogP contribution in [0.15, 0.2) is 66.7 Å². The molecule has 1 spiro atoms. The van der Waals surface area contributed by atoms with Crippen molar-refractivity contribution < 1.29 is 59.7 Å². The molecule has 9 nitrogen and oxygen atoms in total. The number of carboxylic acid groups (broad SMARTS) is 1. The summed E-state index contributed by atoms with van der Waals surface area (Å²) >= 11 is 0. The Hall–Kier alpha value is -4.54. The number of carbonyl (C=O) groups is 3. The van der Waals surface area contributed by atoms with Gasteiger partial charge in [-0.25, -0.2) is 4.39 Å². The minimum Gasteiger partial charge on any atom is -0.481 e. The number of fused-ring (bicyclic) bond motifs is 2. The number of alkyl halides is 6. The topological polar surface area (TPSA) is 99.6 Å². The number of hydrogen-bond donors (Lipinski definition) is 1. The molecule has 2 amide bonds. The van der Waals surface area contributed by atoms with Crippen molar-refractivity contribution in [1.82, 2.24) is 14.7 Å². The van der Waals surface area contributed by atoms with Crippen molar-refractivity contribution in [3.63, 3.8) is 0 Å². The zero-order valence-corrected chi connectivity index (χ0v) is 30.8. The van der Waals surface area contributed by atoms with Crippen LogP contribution in [0, 0.1) is 5.82 Å². The largest absolute Gasteiger partial charge is 0.481 e. The van der Waals surface area contributed by atoms with E-state index in [1.165, 1.54) is 29.2 Å². The number of likely N-dealkylation sites (tertiary alicyclic amines) is 1. The Morgan fingerprint density at radius 2 is 1.59 bits per heavy atom. The molecule has 2 aliphatic heterocycles. The van der Waals surface area contributed by atoms with E-state index in [4.69, 9.17) is 14.6 Å². The number of hydrogen-bond acceptors (Lipinski definition) is 6. The Kier molecular flexibility index (Phi) is 11.6. The zero-order valence-electron chi connectivity index (χ0n) is 30.8. The molecule has 0 radical (unpaired) electrons. The van der Waals surface area contributed by atoms with Crippen molar-refractivity contribution in [3.8, 4) is 0 Å². The minimum absolute atomic E-state index is 0.0367. The smallest absolute Gasteiger partial charge is 0.416 e. The molecule has 16 heteroatoms. The second-order valence-electron chi connectivity index (χ2n) is 14.9. The third-order valence-corrected chi connectivity index (χ3v) is 11.5. The first kappa shape index (κ1) is 41.1. The van der Waals surface area contributed by atoms with Gasteiger partial charge in [-0.1, -0.05) is 36.4 Å². The highest BCUT2D eigenvalue weighted by atomic mass is 19.4. The van der Waals surface area contributed by atoms with E-state index in [9.17, 15) is 45.1 Å². The summed E-state index contributed by atoms with van der Waals surface area (Å²) in [5.74, 6) is -2.94.